The van der Waals surface area contributed by atoms with Crippen LogP contribution in [0, 0.1) is 6.92 Å². The van der Waals surface area contributed by atoms with Crippen LogP contribution in [0.25, 0.3) is 6.08 Å². The van der Waals surface area contributed by atoms with Gasteiger partial charge in [0.2, 0.25) is 0 Å². The molecule has 0 saturated carbocycles. The summed E-state index contributed by atoms with van der Waals surface area (Å²) in [5.74, 6) is -0.916. The lowest BCUT2D eigenvalue weighted by Gasteiger charge is -2.21. The number of anilines is 1. The van der Waals surface area contributed by atoms with E-state index in [0.29, 0.717) is 0 Å². The van der Waals surface area contributed by atoms with Gasteiger partial charge in [-0.2, -0.15) is 0 Å². The van der Waals surface area contributed by atoms with Crippen molar-refractivity contribution in [3.63, 3.8) is 0 Å². The smallest absolute Gasteiger partial charge is 0.328 e. The molecule has 0 spiro atoms. The molecule has 3 nitrogen and oxygen atoms in total. The SMILES string of the molecule is CCCCCN(C)c1ccc(C)cc1/C=C/C(=O)O. The molecule has 0 atom stereocenters. The fourth-order valence-corrected chi connectivity index (χ4v) is 2.04. The van der Waals surface area contributed by atoms with Crippen molar-refractivity contribution in [2.75, 3.05) is 18.5 Å². The van der Waals surface area contributed by atoms with Crippen molar-refractivity contribution in [3.05, 3.63) is 35.4 Å². The minimum absolute atomic E-state index is 0.916. The molecule has 0 unspecified atom stereocenters. The highest BCUT2D eigenvalue weighted by Gasteiger charge is 2.06. The molecule has 0 heterocycles. The minimum Gasteiger partial charge on any atom is -0.478 e. The molecule has 0 saturated heterocycles. The summed E-state index contributed by atoms with van der Waals surface area (Å²) >= 11 is 0. The highest BCUT2D eigenvalue weighted by molar-refractivity contribution is 5.87. The van der Waals surface area contributed by atoms with Gasteiger partial charge in [0.25, 0.3) is 0 Å². The third-order valence-corrected chi connectivity index (χ3v) is 3.10. The average molecular weight is 261 g/mol. The predicted molar refractivity (Wildman–Crippen MR) is 80.6 cm³/mol. The van der Waals surface area contributed by atoms with Crippen LogP contribution in [0.5, 0.6) is 0 Å². The van der Waals surface area contributed by atoms with Gasteiger partial charge in [-0.25, -0.2) is 4.79 Å². The monoisotopic (exact) mass is 261 g/mol. The molecule has 0 aliphatic heterocycles. The van der Waals surface area contributed by atoms with E-state index in [0.717, 1.165) is 29.8 Å². The summed E-state index contributed by atoms with van der Waals surface area (Å²) in [4.78, 5) is 12.8. The molecule has 1 aromatic rings. The topological polar surface area (TPSA) is 40.5 Å². The lowest BCUT2D eigenvalue weighted by Crippen LogP contribution is -2.19. The lowest BCUT2D eigenvalue weighted by molar-refractivity contribution is -0.131. The first-order chi connectivity index (χ1) is 9.04. The van der Waals surface area contributed by atoms with Gasteiger partial charge < -0.3 is 10.0 Å². The molecular formula is C16H23NO2. The number of carboxylic acids is 1. The molecule has 3 heteroatoms. The van der Waals surface area contributed by atoms with Crippen LogP contribution < -0.4 is 4.90 Å². The molecule has 0 fully saturated rings. The minimum atomic E-state index is -0.916. The Labute approximate surface area is 115 Å². The number of rotatable bonds is 7. The molecule has 19 heavy (non-hydrogen) atoms. The number of benzene rings is 1. The summed E-state index contributed by atoms with van der Waals surface area (Å²) in [5, 5.41) is 8.75. The Morgan fingerprint density at radius 2 is 2.11 bits per heavy atom. The van der Waals surface area contributed by atoms with Gasteiger partial charge in [-0.05, 0) is 37.1 Å². The number of carbonyl (C=O) groups is 1. The van der Waals surface area contributed by atoms with Crippen molar-refractivity contribution in [2.45, 2.75) is 33.1 Å². The number of unbranched alkanes of at least 4 members (excludes halogenated alkanes) is 2. The van der Waals surface area contributed by atoms with Gasteiger partial charge in [-0.15, -0.1) is 0 Å². The van der Waals surface area contributed by atoms with Crippen molar-refractivity contribution in [2.24, 2.45) is 0 Å². The molecule has 0 radical (unpaired) electrons. The van der Waals surface area contributed by atoms with E-state index in [-0.39, 0.29) is 0 Å². The molecule has 1 rings (SSSR count). The fourth-order valence-electron chi connectivity index (χ4n) is 2.04. The van der Waals surface area contributed by atoms with Gasteiger partial charge in [-0.3, -0.25) is 0 Å². The summed E-state index contributed by atoms with van der Waals surface area (Å²) in [6.07, 6.45) is 6.44. The van der Waals surface area contributed by atoms with Crippen LogP contribution >= 0.6 is 0 Å². The second-order valence-electron chi connectivity index (χ2n) is 4.86. The highest BCUT2D eigenvalue weighted by atomic mass is 16.4. The summed E-state index contributed by atoms with van der Waals surface area (Å²) in [6.45, 7) is 5.19. The Morgan fingerprint density at radius 1 is 1.37 bits per heavy atom. The fraction of sp³-hybridized carbons (Fsp3) is 0.438. The largest absolute Gasteiger partial charge is 0.478 e. The van der Waals surface area contributed by atoms with E-state index < -0.39 is 5.97 Å². The molecule has 1 N–H and O–H groups in total. The van der Waals surface area contributed by atoms with Gasteiger partial charge in [0.05, 0.1) is 0 Å². The normalized spacial score (nSPS) is 10.9. The number of hydrogen-bond donors (Lipinski definition) is 1. The zero-order chi connectivity index (χ0) is 14.3. The van der Waals surface area contributed by atoms with E-state index in [1.165, 1.54) is 18.9 Å². The Morgan fingerprint density at radius 3 is 2.74 bits per heavy atom. The van der Waals surface area contributed by atoms with Crippen molar-refractivity contribution in [1.82, 2.24) is 0 Å². The molecule has 104 valence electrons. The molecular weight excluding hydrogens is 238 g/mol. The van der Waals surface area contributed by atoms with Crippen LogP contribution in [-0.4, -0.2) is 24.7 Å². The third-order valence-electron chi connectivity index (χ3n) is 3.10. The maximum Gasteiger partial charge on any atom is 0.328 e. The van der Waals surface area contributed by atoms with E-state index in [1.54, 1.807) is 6.08 Å². The zero-order valence-corrected chi connectivity index (χ0v) is 12.0. The zero-order valence-electron chi connectivity index (χ0n) is 12.0. The van der Waals surface area contributed by atoms with E-state index in [4.69, 9.17) is 5.11 Å². The maximum atomic E-state index is 10.6. The molecule has 0 aliphatic carbocycles. The second kappa shape index (κ2) is 7.62. The van der Waals surface area contributed by atoms with Gasteiger partial charge >= 0.3 is 5.97 Å². The van der Waals surface area contributed by atoms with Crippen LogP contribution in [0.15, 0.2) is 24.3 Å². The second-order valence-corrected chi connectivity index (χ2v) is 4.86. The average Bonchev–Trinajstić information content (AvgIpc) is 2.36. The van der Waals surface area contributed by atoms with Crippen molar-refractivity contribution >= 4 is 17.7 Å². The van der Waals surface area contributed by atoms with Gasteiger partial charge in [0.15, 0.2) is 0 Å². The molecule has 1 aromatic carbocycles. The first-order valence-electron chi connectivity index (χ1n) is 6.77. The van der Waals surface area contributed by atoms with Crippen LogP contribution in [0.4, 0.5) is 5.69 Å². The Hall–Kier alpha value is -1.77. The van der Waals surface area contributed by atoms with Crippen molar-refractivity contribution in [1.29, 1.82) is 0 Å². The standard InChI is InChI=1S/C16H23NO2/c1-4-5-6-11-17(3)15-9-7-13(2)12-14(15)8-10-16(18)19/h7-10,12H,4-6,11H2,1-3H3,(H,18,19)/b10-8+. The van der Waals surface area contributed by atoms with E-state index in [1.807, 2.05) is 13.0 Å². The van der Waals surface area contributed by atoms with Crippen LogP contribution in [0.3, 0.4) is 0 Å². The Balaban J connectivity index is 2.89. The number of carboxylic acid groups (broad SMARTS) is 1. The van der Waals surface area contributed by atoms with Gasteiger partial charge in [0.1, 0.15) is 0 Å². The van der Waals surface area contributed by atoms with Crippen molar-refractivity contribution in [3.8, 4) is 0 Å². The molecule has 0 aliphatic rings. The number of aryl methyl sites for hydroxylation is 1. The van der Waals surface area contributed by atoms with Crippen LogP contribution in [0.1, 0.15) is 37.3 Å². The van der Waals surface area contributed by atoms with E-state index >= 15 is 0 Å². The van der Waals surface area contributed by atoms with Crippen LogP contribution in [-0.2, 0) is 4.79 Å². The summed E-state index contributed by atoms with van der Waals surface area (Å²) in [5.41, 5.74) is 3.18. The third kappa shape index (κ3) is 5.16. The van der Waals surface area contributed by atoms with Gasteiger partial charge in [0, 0.05) is 25.4 Å². The molecule has 0 amide bonds. The number of nitrogens with zero attached hydrogens (tertiary/aromatic N) is 1. The Kier molecular flexibility index (Phi) is 6.13. The number of hydrogen-bond acceptors (Lipinski definition) is 2. The van der Waals surface area contributed by atoms with Crippen LogP contribution in [0.2, 0.25) is 0 Å². The summed E-state index contributed by atoms with van der Waals surface area (Å²) < 4.78 is 0. The summed E-state index contributed by atoms with van der Waals surface area (Å²) in [7, 11) is 2.05. The Bertz CT molecular complexity index is 452. The van der Waals surface area contributed by atoms with E-state index in [2.05, 4.69) is 31.0 Å². The van der Waals surface area contributed by atoms with E-state index in [9.17, 15) is 4.79 Å². The first-order valence-corrected chi connectivity index (χ1v) is 6.77. The number of aliphatic carboxylic acids is 1. The quantitative estimate of drug-likeness (QED) is 0.600. The highest BCUT2D eigenvalue weighted by Crippen LogP contribution is 2.23. The van der Waals surface area contributed by atoms with Gasteiger partial charge in [-0.1, -0.05) is 31.4 Å². The first kappa shape index (κ1) is 15.3. The summed E-state index contributed by atoms with van der Waals surface area (Å²) in [6, 6.07) is 6.14. The lowest BCUT2D eigenvalue weighted by atomic mass is 10.1. The molecule has 0 aromatic heterocycles. The van der Waals surface area contributed by atoms with Crippen molar-refractivity contribution < 1.29 is 9.90 Å². The maximum absolute atomic E-state index is 10.6. The predicted octanol–water partition coefficient (Wildman–Crippen LogP) is 3.72. The molecule has 0 bridgehead atoms.